The first-order valence-corrected chi connectivity index (χ1v) is 9.88. The number of carboxylic acid groups (broad SMARTS) is 1. The number of carboxylic acids is 1. The summed E-state index contributed by atoms with van der Waals surface area (Å²) in [5, 5.41) is 17.4. The molecule has 0 atom stereocenters. The number of nitrogens with zero attached hydrogens (tertiary/aromatic N) is 1. The second-order valence-electron chi connectivity index (χ2n) is 7.05. The van der Waals surface area contributed by atoms with Crippen LogP contribution in [-0.4, -0.2) is 16.9 Å². The normalized spacial score (nSPS) is 11.7. The van der Waals surface area contributed by atoms with Crippen molar-refractivity contribution in [2.45, 2.75) is 33.6 Å². The minimum atomic E-state index is -1.15. The van der Waals surface area contributed by atoms with Gasteiger partial charge in [-0.3, -0.25) is 4.79 Å². The molecule has 0 aliphatic heterocycles. The highest BCUT2D eigenvalue weighted by molar-refractivity contribution is 7.22. The van der Waals surface area contributed by atoms with Gasteiger partial charge in [0.2, 0.25) is 5.91 Å². The number of aryl methyl sites for hydroxylation is 1. The van der Waals surface area contributed by atoms with E-state index in [1.54, 1.807) is 25.2 Å². The number of benzene rings is 1. The Morgan fingerprint density at radius 2 is 1.96 bits per heavy atom. The van der Waals surface area contributed by atoms with Crippen LogP contribution in [0.1, 0.15) is 32.3 Å². The molecule has 2 heterocycles. The summed E-state index contributed by atoms with van der Waals surface area (Å²) in [6, 6.07) is 7.93. The average molecular weight is 388 g/mol. The van der Waals surface area contributed by atoms with Crippen molar-refractivity contribution in [2.24, 2.45) is 5.41 Å². The molecule has 3 rings (SSSR count). The Kier molecular flexibility index (Phi) is 5.11. The largest absolute Gasteiger partial charge is 0.550 e. The number of thiophene rings is 1. The van der Waals surface area contributed by atoms with Gasteiger partial charge in [-0.05, 0) is 41.8 Å². The summed E-state index contributed by atoms with van der Waals surface area (Å²) in [7, 11) is 0. The number of aliphatic carboxylic acids is 1. The van der Waals surface area contributed by atoms with Crippen LogP contribution in [0, 0.1) is 12.3 Å². The summed E-state index contributed by atoms with van der Waals surface area (Å²) in [6.45, 7) is 5.49. The zero-order valence-corrected chi connectivity index (χ0v) is 16.4. The minimum absolute atomic E-state index is 0.108. The number of para-hydroxylation sites is 1. The van der Waals surface area contributed by atoms with Gasteiger partial charge < -0.3 is 15.2 Å². The highest BCUT2D eigenvalue weighted by Crippen LogP contribution is 2.41. The van der Waals surface area contributed by atoms with Crippen molar-refractivity contribution in [1.82, 2.24) is 4.98 Å². The summed E-state index contributed by atoms with van der Waals surface area (Å²) < 4.78 is 1.10. The van der Waals surface area contributed by atoms with Gasteiger partial charge >= 0.3 is 0 Å². The predicted octanol–water partition coefficient (Wildman–Crippen LogP) is 3.83. The second-order valence-corrected chi connectivity index (χ2v) is 8.96. The Labute approximate surface area is 159 Å². The summed E-state index contributed by atoms with van der Waals surface area (Å²) in [4.78, 5) is 28.0. The van der Waals surface area contributed by atoms with E-state index in [1.807, 2.05) is 36.6 Å². The van der Waals surface area contributed by atoms with Gasteiger partial charge in [0.25, 0.3) is 0 Å². The van der Waals surface area contributed by atoms with Crippen LogP contribution in [0.2, 0.25) is 0 Å². The molecule has 0 saturated carbocycles. The fourth-order valence-electron chi connectivity index (χ4n) is 2.84. The molecule has 26 heavy (non-hydrogen) atoms. The van der Waals surface area contributed by atoms with Gasteiger partial charge in [-0.25, -0.2) is 4.98 Å². The van der Waals surface area contributed by atoms with Gasteiger partial charge in [0.1, 0.15) is 10.0 Å². The van der Waals surface area contributed by atoms with E-state index in [1.165, 1.54) is 11.3 Å². The first-order valence-electron chi connectivity index (χ1n) is 8.19. The summed E-state index contributed by atoms with van der Waals surface area (Å²) in [6.07, 6.45) is -0.0498. The van der Waals surface area contributed by atoms with Crippen LogP contribution in [0.4, 0.5) is 5.00 Å². The van der Waals surface area contributed by atoms with Crippen LogP contribution in [-0.2, 0) is 9.59 Å². The number of amides is 1. The highest BCUT2D eigenvalue weighted by atomic mass is 32.1. The molecular formula is C19H19N2O3S2-. The fourth-order valence-corrected chi connectivity index (χ4v) is 4.95. The number of aromatic nitrogens is 1. The van der Waals surface area contributed by atoms with E-state index in [9.17, 15) is 14.7 Å². The molecule has 0 bridgehead atoms. The number of nitrogens with one attached hydrogen (secondary N) is 1. The fraction of sp³-hybridized carbons (Fsp3) is 0.316. The van der Waals surface area contributed by atoms with Gasteiger partial charge in [0.05, 0.1) is 10.2 Å². The Hall–Kier alpha value is -2.25. The Balaban J connectivity index is 1.84. The number of carbonyl (C=O) groups is 2. The molecule has 0 unspecified atom stereocenters. The lowest BCUT2D eigenvalue weighted by molar-refractivity contribution is -0.307. The van der Waals surface area contributed by atoms with E-state index in [4.69, 9.17) is 0 Å². The first kappa shape index (κ1) is 18.5. The first-order chi connectivity index (χ1) is 12.2. The molecule has 0 fully saturated rings. The third kappa shape index (κ3) is 4.11. The van der Waals surface area contributed by atoms with Gasteiger partial charge in [0, 0.05) is 18.0 Å². The molecular weight excluding hydrogens is 368 g/mol. The molecule has 0 aliphatic carbocycles. The molecule has 0 saturated heterocycles. The molecule has 5 nitrogen and oxygen atoms in total. The average Bonchev–Trinajstić information content (AvgIpc) is 3.08. The minimum Gasteiger partial charge on any atom is -0.550 e. The standard InChI is InChI=1S/C19H20N2O3S2/c1-11-10-25-17(21-14(22)8-19(2,3)9-15(23)24)16(11)18-20-12-6-4-5-7-13(12)26-18/h4-7,10H,8-9H2,1-3H3,(H,21,22)(H,23,24)/p-1. The number of hydrogen-bond acceptors (Lipinski definition) is 6. The van der Waals surface area contributed by atoms with Crippen LogP contribution in [0.3, 0.4) is 0 Å². The van der Waals surface area contributed by atoms with Gasteiger partial charge in [-0.15, -0.1) is 22.7 Å². The smallest absolute Gasteiger partial charge is 0.225 e. The maximum Gasteiger partial charge on any atom is 0.225 e. The number of hydrogen-bond donors (Lipinski definition) is 1. The summed E-state index contributed by atoms with van der Waals surface area (Å²) in [5.74, 6) is -1.36. The maximum atomic E-state index is 12.4. The number of fused-ring (bicyclic) bond motifs is 1. The topological polar surface area (TPSA) is 82.1 Å². The lowest BCUT2D eigenvalue weighted by Gasteiger charge is -2.24. The summed E-state index contributed by atoms with van der Waals surface area (Å²) in [5.41, 5.74) is 2.26. The molecule has 0 radical (unpaired) electrons. The molecule has 7 heteroatoms. The number of carbonyl (C=O) groups excluding carboxylic acids is 2. The molecule has 2 aromatic heterocycles. The van der Waals surface area contributed by atoms with E-state index in [0.717, 1.165) is 31.4 Å². The van der Waals surface area contributed by atoms with Crippen molar-refractivity contribution in [1.29, 1.82) is 0 Å². The van der Waals surface area contributed by atoms with Crippen LogP contribution in [0.15, 0.2) is 29.6 Å². The van der Waals surface area contributed by atoms with Gasteiger partial charge in [-0.1, -0.05) is 26.0 Å². The molecule has 0 spiro atoms. The SMILES string of the molecule is Cc1csc(NC(=O)CC(C)(C)CC(=O)[O-])c1-c1nc2ccccc2s1. The lowest BCUT2D eigenvalue weighted by Crippen LogP contribution is -2.31. The predicted molar refractivity (Wildman–Crippen MR) is 104 cm³/mol. The maximum absolute atomic E-state index is 12.4. The van der Waals surface area contributed by atoms with Gasteiger partial charge in [-0.2, -0.15) is 0 Å². The van der Waals surface area contributed by atoms with Crippen LogP contribution in [0.25, 0.3) is 20.8 Å². The van der Waals surface area contributed by atoms with E-state index < -0.39 is 11.4 Å². The zero-order chi connectivity index (χ0) is 18.9. The van der Waals surface area contributed by atoms with Crippen molar-refractivity contribution in [2.75, 3.05) is 5.32 Å². The van der Waals surface area contributed by atoms with E-state index in [-0.39, 0.29) is 18.7 Å². The second kappa shape index (κ2) is 7.17. The highest BCUT2D eigenvalue weighted by Gasteiger charge is 2.24. The molecule has 1 aromatic carbocycles. The van der Waals surface area contributed by atoms with Crippen LogP contribution in [0.5, 0.6) is 0 Å². The van der Waals surface area contributed by atoms with Crippen LogP contribution >= 0.6 is 22.7 Å². The van der Waals surface area contributed by atoms with Crippen molar-refractivity contribution >= 4 is 49.8 Å². The van der Waals surface area contributed by atoms with Crippen molar-refractivity contribution in [3.8, 4) is 10.6 Å². The third-order valence-corrected chi connectivity index (χ3v) is 6.06. The molecule has 0 aliphatic rings. The van der Waals surface area contributed by atoms with Crippen molar-refractivity contribution in [3.63, 3.8) is 0 Å². The van der Waals surface area contributed by atoms with E-state index in [2.05, 4.69) is 10.3 Å². The molecule has 1 N–H and O–H groups in total. The molecule has 136 valence electrons. The molecule has 1 amide bonds. The number of rotatable bonds is 6. The van der Waals surface area contributed by atoms with Gasteiger partial charge in [0.15, 0.2) is 0 Å². The Morgan fingerprint density at radius 3 is 2.65 bits per heavy atom. The number of thiazole rings is 1. The van der Waals surface area contributed by atoms with E-state index in [0.29, 0.717) is 0 Å². The van der Waals surface area contributed by atoms with Crippen molar-refractivity contribution in [3.05, 3.63) is 35.2 Å². The molecule has 3 aromatic rings. The van der Waals surface area contributed by atoms with E-state index >= 15 is 0 Å². The monoisotopic (exact) mass is 387 g/mol. The zero-order valence-electron chi connectivity index (χ0n) is 14.8. The number of anilines is 1. The van der Waals surface area contributed by atoms with Crippen molar-refractivity contribution < 1.29 is 14.7 Å². The van der Waals surface area contributed by atoms with Crippen LogP contribution < -0.4 is 10.4 Å². The summed E-state index contributed by atoms with van der Waals surface area (Å²) >= 11 is 3.05. The lowest BCUT2D eigenvalue weighted by atomic mass is 9.85. The Bertz CT molecular complexity index is 939. The Morgan fingerprint density at radius 1 is 1.23 bits per heavy atom. The third-order valence-electron chi connectivity index (χ3n) is 4.00. The quantitative estimate of drug-likeness (QED) is 0.697.